The summed E-state index contributed by atoms with van der Waals surface area (Å²) in [5.74, 6) is 0. The summed E-state index contributed by atoms with van der Waals surface area (Å²) in [6, 6.07) is 0. The van der Waals surface area contributed by atoms with E-state index in [0.717, 1.165) is 12.9 Å². The van der Waals surface area contributed by atoms with Crippen molar-refractivity contribution in [1.29, 1.82) is 0 Å². The van der Waals surface area contributed by atoms with Crippen LogP contribution < -0.4 is 0 Å². The Morgan fingerprint density at radius 1 is 1.27 bits per heavy atom. The lowest BCUT2D eigenvalue weighted by molar-refractivity contribution is -0.107. The van der Waals surface area contributed by atoms with Gasteiger partial charge in [0.05, 0.1) is 5.60 Å². The molecule has 0 fully saturated rings. The van der Waals surface area contributed by atoms with Crippen molar-refractivity contribution in [3.8, 4) is 0 Å². The predicted molar refractivity (Wildman–Crippen MR) is 47.7 cm³/mol. The van der Waals surface area contributed by atoms with Crippen LogP contribution in [0.3, 0.4) is 0 Å². The molecule has 2 nitrogen and oxygen atoms in total. The number of carbonyl (C=O) groups is 1. The molecule has 0 rings (SSSR count). The number of ether oxygens (including phenoxy) is 1. The van der Waals surface area contributed by atoms with E-state index in [0.29, 0.717) is 6.42 Å². The average Bonchev–Trinajstić information content (AvgIpc) is 1.86. The maximum absolute atomic E-state index is 9.17. The van der Waals surface area contributed by atoms with Gasteiger partial charge in [-0.05, 0) is 27.7 Å². The third kappa shape index (κ3) is 26.2. The number of carbonyl (C=O) groups excluding carboxylic acids is 1. The lowest BCUT2D eigenvalue weighted by atomic mass is 10.2. The molecule has 68 valence electrons. The molecule has 0 amide bonds. The second-order valence-electron chi connectivity index (χ2n) is 3.12. The summed E-state index contributed by atoms with van der Waals surface area (Å²) in [6.07, 6.45) is 1.51. The van der Waals surface area contributed by atoms with Crippen molar-refractivity contribution in [3.05, 3.63) is 0 Å². The van der Waals surface area contributed by atoms with Gasteiger partial charge >= 0.3 is 0 Å². The van der Waals surface area contributed by atoms with Crippen LogP contribution in [0.5, 0.6) is 0 Å². The summed E-state index contributed by atoms with van der Waals surface area (Å²) in [4.78, 5) is 9.17. The number of hydrogen-bond donors (Lipinski definition) is 0. The SMILES string of the molecule is CCC=O.CCOC(C)(C)C. The summed E-state index contributed by atoms with van der Waals surface area (Å²) in [7, 11) is 0. The van der Waals surface area contributed by atoms with E-state index in [1.54, 1.807) is 0 Å². The van der Waals surface area contributed by atoms with Crippen LogP contribution in [0.1, 0.15) is 41.0 Å². The van der Waals surface area contributed by atoms with E-state index in [1.165, 1.54) is 0 Å². The first-order chi connectivity index (χ1) is 4.97. The van der Waals surface area contributed by atoms with Crippen LogP contribution in [0, 0.1) is 0 Å². The minimum absolute atomic E-state index is 0.0503. The normalized spacial score (nSPS) is 9.91. The van der Waals surface area contributed by atoms with E-state index in [2.05, 4.69) is 20.8 Å². The Kier molecular flexibility index (Phi) is 9.31. The Bertz CT molecular complexity index is 82.1. The number of hydrogen-bond acceptors (Lipinski definition) is 2. The molecule has 0 saturated carbocycles. The van der Waals surface area contributed by atoms with Crippen molar-refractivity contribution < 1.29 is 9.53 Å². The first kappa shape index (κ1) is 13.2. The Morgan fingerprint density at radius 3 is 1.64 bits per heavy atom. The molecule has 11 heavy (non-hydrogen) atoms. The Hall–Kier alpha value is -0.370. The van der Waals surface area contributed by atoms with Crippen LogP contribution >= 0.6 is 0 Å². The molecule has 0 aliphatic carbocycles. The molecular formula is C9H20O2. The van der Waals surface area contributed by atoms with Crippen LogP contribution in [-0.4, -0.2) is 18.5 Å². The second-order valence-corrected chi connectivity index (χ2v) is 3.12. The molecule has 0 N–H and O–H groups in total. The van der Waals surface area contributed by atoms with Gasteiger partial charge in [0.15, 0.2) is 0 Å². The molecule has 2 heteroatoms. The van der Waals surface area contributed by atoms with E-state index < -0.39 is 0 Å². The third-order valence-corrected chi connectivity index (χ3v) is 0.744. The monoisotopic (exact) mass is 160 g/mol. The van der Waals surface area contributed by atoms with E-state index in [9.17, 15) is 4.79 Å². The maximum atomic E-state index is 9.17. The molecule has 0 aliphatic rings. The fourth-order valence-corrected chi connectivity index (χ4v) is 0.433. The smallest absolute Gasteiger partial charge is 0.119 e. The number of rotatable bonds is 2. The summed E-state index contributed by atoms with van der Waals surface area (Å²) < 4.78 is 5.23. The van der Waals surface area contributed by atoms with E-state index in [4.69, 9.17) is 4.74 Å². The zero-order valence-electron chi connectivity index (χ0n) is 8.31. The van der Waals surface area contributed by atoms with Gasteiger partial charge in [-0.1, -0.05) is 6.92 Å². The molecule has 0 spiro atoms. The minimum atomic E-state index is 0.0503. The van der Waals surface area contributed by atoms with Gasteiger partial charge in [-0.3, -0.25) is 0 Å². The number of aldehydes is 1. The summed E-state index contributed by atoms with van der Waals surface area (Å²) in [5, 5.41) is 0. The minimum Gasteiger partial charge on any atom is -0.376 e. The van der Waals surface area contributed by atoms with Crippen molar-refractivity contribution in [1.82, 2.24) is 0 Å². The second kappa shape index (κ2) is 7.73. The molecule has 0 unspecified atom stereocenters. The third-order valence-electron chi connectivity index (χ3n) is 0.744. The molecule has 0 radical (unpaired) electrons. The highest BCUT2D eigenvalue weighted by molar-refractivity contribution is 5.48. The molecule has 0 saturated heterocycles. The van der Waals surface area contributed by atoms with E-state index >= 15 is 0 Å². The fraction of sp³-hybridized carbons (Fsp3) is 0.889. The van der Waals surface area contributed by atoms with Gasteiger partial charge in [0.1, 0.15) is 6.29 Å². The van der Waals surface area contributed by atoms with Gasteiger partial charge in [-0.25, -0.2) is 0 Å². The molecule has 0 heterocycles. The lowest BCUT2D eigenvalue weighted by Crippen LogP contribution is -2.18. The highest BCUT2D eigenvalue weighted by atomic mass is 16.5. The van der Waals surface area contributed by atoms with Crippen molar-refractivity contribution >= 4 is 6.29 Å². The zero-order valence-corrected chi connectivity index (χ0v) is 8.31. The topological polar surface area (TPSA) is 26.3 Å². The van der Waals surface area contributed by atoms with E-state index in [-0.39, 0.29) is 5.60 Å². The summed E-state index contributed by atoms with van der Waals surface area (Å²) in [5.41, 5.74) is 0.0503. The Balaban J connectivity index is 0. The standard InChI is InChI=1S/C6H14O.C3H6O/c1-5-7-6(2,3)4;1-2-3-4/h5H2,1-4H3;3H,2H2,1H3. The van der Waals surface area contributed by atoms with E-state index in [1.807, 2.05) is 13.8 Å². The van der Waals surface area contributed by atoms with Gasteiger partial charge < -0.3 is 9.53 Å². The van der Waals surface area contributed by atoms with Crippen LogP contribution in [0.25, 0.3) is 0 Å². The summed E-state index contributed by atoms with van der Waals surface area (Å²) in [6.45, 7) is 10.8. The first-order valence-electron chi connectivity index (χ1n) is 4.05. The van der Waals surface area contributed by atoms with Crippen LogP contribution in [0.2, 0.25) is 0 Å². The highest BCUT2D eigenvalue weighted by Gasteiger charge is 2.06. The molecule has 0 aromatic carbocycles. The zero-order chi connectivity index (χ0) is 9.33. The van der Waals surface area contributed by atoms with Crippen LogP contribution in [-0.2, 0) is 9.53 Å². The fourth-order valence-electron chi connectivity index (χ4n) is 0.433. The molecule has 0 aromatic rings. The maximum Gasteiger partial charge on any atom is 0.119 e. The average molecular weight is 160 g/mol. The highest BCUT2D eigenvalue weighted by Crippen LogP contribution is 2.04. The molecular weight excluding hydrogens is 140 g/mol. The molecule has 0 aromatic heterocycles. The first-order valence-corrected chi connectivity index (χ1v) is 4.05. The van der Waals surface area contributed by atoms with Crippen molar-refractivity contribution in [2.24, 2.45) is 0 Å². The summed E-state index contributed by atoms with van der Waals surface area (Å²) >= 11 is 0. The Labute approximate surface area is 69.9 Å². The quantitative estimate of drug-likeness (QED) is 0.580. The van der Waals surface area contributed by atoms with Crippen LogP contribution in [0.15, 0.2) is 0 Å². The lowest BCUT2D eigenvalue weighted by Gasteiger charge is -2.17. The van der Waals surface area contributed by atoms with Gasteiger partial charge in [0, 0.05) is 13.0 Å². The van der Waals surface area contributed by atoms with Crippen molar-refractivity contribution in [2.75, 3.05) is 6.61 Å². The molecule has 0 bridgehead atoms. The van der Waals surface area contributed by atoms with Crippen molar-refractivity contribution in [2.45, 2.75) is 46.6 Å². The molecule has 0 aliphatic heterocycles. The Morgan fingerprint density at radius 2 is 1.64 bits per heavy atom. The predicted octanol–water partition coefficient (Wildman–Crippen LogP) is 2.42. The van der Waals surface area contributed by atoms with Gasteiger partial charge in [0.2, 0.25) is 0 Å². The van der Waals surface area contributed by atoms with Crippen LogP contribution in [0.4, 0.5) is 0 Å². The van der Waals surface area contributed by atoms with Gasteiger partial charge in [-0.2, -0.15) is 0 Å². The molecule has 0 atom stereocenters. The van der Waals surface area contributed by atoms with Gasteiger partial charge in [-0.15, -0.1) is 0 Å². The largest absolute Gasteiger partial charge is 0.376 e. The van der Waals surface area contributed by atoms with Gasteiger partial charge in [0.25, 0.3) is 0 Å². The van der Waals surface area contributed by atoms with Crippen molar-refractivity contribution in [3.63, 3.8) is 0 Å².